The molecular formula is C26H44FN3OS. The van der Waals surface area contributed by atoms with Gasteiger partial charge in [0, 0.05) is 25.0 Å². The summed E-state index contributed by atoms with van der Waals surface area (Å²) in [4.78, 5) is 13.6. The molecule has 3 atom stereocenters. The maximum Gasteiger partial charge on any atom is 0.155 e. The highest BCUT2D eigenvalue weighted by molar-refractivity contribution is 7.96. The zero-order valence-corrected chi connectivity index (χ0v) is 22.0. The first-order valence-electron chi connectivity index (χ1n) is 12.0. The number of rotatable bonds is 5. The number of carbonyl (C=O) groups is 1. The van der Waals surface area contributed by atoms with Gasteiger partial charge in [0.1, 0.15) is 5.82 Å². The molecule has 4 nitrogen and oxygen atoms in total. The van der Waals surface area contributed by atoms with Gasteiger partial charge in [-0.1, -0.05) is 57.3 Å². The van der Waals surface area contributed by atoms with E-state index in [0.717, 1.165) is 18.8 Å². The summed E-state index contributed by atoms with van der Waals surface area (Å²) in [5, 5.41) is 8.10. The molecule has 2 aliphatic heterocycles. The van der Waals surface area contributed by atoms with Crippen molar-refractivity contribution in [3.8, 4) is 0 Å². The third kappa shape index (κ3) is 8.18. The van der Waals surface area contributed by atoms with Gasteiger partial charge < -0.3 is 4.90 Å². The van der Waals surface area contributed by atoms with Gasteiger partial charge in [-0.25, -0.2) is 4.39 Å². The summed E-state index contributed by atoms with van der Waals surface area (Å²) in [6.07, 6.45) is 8.21. The van der Waals surface area contributed by atoms with Crippen molar-refractivity contribution in [2.45, 2.75) is 85.2 Å². The molecule has 3 rings (SSSR count). The third-order valence-electron chi connectivity index (χ3n) is 6.90. The Morgan fingerprint density at radius 2 is 1.81 bits per heavy atom. The van der Waals surface area contributed by atoms with Gasteiger partial charge in [-0.2, -0.15) is 0 Å². The number of hydrogen-bond donors (Lipinski definition) is 1. The van der Waals surface area contributed by atoms with Crippen molar-refractivity contribution in [1.82, 2.24) is 9.21 Å². The van der Waals surface area contributed by atoms with E-state index >= 15 is 0 Å². The second-order valence-electron chi connectivity index (χ2n) is 9.21. The van der Waals surface area contributed by atoms with Gasteiger partial charge >= 0.3 is 0 Å². The van der Waals surface area contributed by atoms with Crippen molar-refractivity contribution in [3.05, 3.63) is 36.1 Å². The molecule has 1 N–H and O–H groups in total. The molecule has 0 amide bonds. The predicted octanol–water partition coefficient (Wildman–Crippen LogP) is 6.66. The number of hydrogen-bond acceptors (Lipinski definition) is 4. The number of nitrogens with one attached hydrogen (secondary N) is 1. The van der Waals surface area contributed by atoms with Crippen LogP contribution in [0.2, 0.25) is 0 Å². The molecule has 1 aromatic rings. The number of nitrogens with zero attached hydrogens (tertiary/aromatic N) is 2. The summed E-state index contributed by atoms with van der Waals surface area (Å²) >= 11 is 1.89. The number of halogens is 1. The normalized spacial score (nSPS) is 24.2. The van der Waals surface area contributed by atoms with E-state index < -0.39 is 5.54 Å². The van der Waals surface area contributed by atoms with Gasteiger partial charge in [0.15, 0.2) is 5.78 Å². The van der Waals surface area contributed by atoms with E-state index in [-0.39, 0.29) is 17.5 Å². The first kappa shape index (κ1) is 28.6. The molecule has 1 aromatic carbocycles. The number of carbonyl (C=O) groups excluding carboxylic acids is 1. The predicted molar refractivity (Wildman–Crippen MR) is 137 cm³/mol. The van der Waals surface area contributed by atoms with Crippen molar-refractivity contribution in [2.75, 3.05) is 19.3 Å². The van der Waals surface area contributed by atoms with E-state index in [4.69, 9.17) is 5.41 Å². The minimum Gasteiger partial charge on any atom is -0.345 e. The number of ketones is 1. The largest absolute Gasteiger partial charge is 0.345 e. The van der Waals surface area contributed by atoms with Gasteiger partial charge in [0.25, 0.3) is 0 Å². The van der Waals surface area contributed by atoms with Crippen molar-refractivity contribution < 1.29 is 9.18 Å². The molecule has 0 saturated carbocycles. The molecule has 6 heteroatoms. The summed E-state index contributed by atoms with van der Waals surface area (Å²) in [5.74, 6) is 1.87. The third-order valence-corrected chi connectivity index (χ3v) is 7.79. The number of amidine groups is 1. The quantitative estimate of drug-likeness (QED) is 0.300. The Kier molecular flexibility index (Phi) is 12.5. The second-order valence-corrected chi connectivity index (χ2v) is 10.1. The van der Waals surface area contributed by atoms with Crippen LogP contribution in [0.4, 0.5) is 4.39 Å². The average molecular weight is 466 g/mol. The first-order valence-corrected chi connectivity index (χ1v) is 13.2. The molecule has 0 spiro atoms. The van der Waals surface area contributed by atoms with Gasteiger partial charge in [0.05, 0.1) is 11.4 Å². The van der Waals surface area contributed by atoms with E-state index in [0.29, 0.717) is 11.9 Å². The molecule has 3 unspecified atom stereocenters. The Labute approximate surface area is 200 Å². The van der Waals surface area contributed by atoms with Crippen LogP contribution in [0.25, 0.3) is 0 Å². The zero-order chi connectivity index (χ0) is 24.3. The number of piperidine rings is 1. The summed E-state index contributed by atoms with van der Waals surface area (Å²) in [7, 11) is 0. The molecule has 0 aliphatic carbocycles. The van der Waals surface area contributed by atoms with Crippen LogP contribution in [0.1, 0.15) is 73.6 Å². The molecule has 0 aromatic heterocycles. The molecule has 2 aliphatic rings. The van der Waals surface area contributed by atoms with Crippen molar-refractivity contribution in [2.24, 2.45) is 11.8 Å². The summed E-state index contributed by atoms with van der Waals surface area (Å²) in [5.41, 5.74) is -0.417. The Bertz CT molecular complexity index is 682. The monoisotopic (exact) mass is 465 g/mol. The lowest BCUT2D eigenvalue weighted by atomic mass is 9.76. The van der Waals surface area contributed by atoms with Crippen molar-refractivity contribution in [3.63, 3.8) is 0 Å². The van der Waals surface area contributed by atoms with E-state index in [1.54, 1.807) is 25.1 Å². The molecule has 0 bridgehead atoms. The van der Waals surface area contributed by atoms with Crippen molar-refractivity contribution in [1.29, 1.82) is 5.41 Å². The average Bonchev–Trinajstić information content (AvgIpc) is 2.79. The molecule has 2 heterocycles. The Morgan fingerprint density at radius 1 is 1.25 bits per heavy atom. The Morgan fingerprint density at radius 3 is 2.16 bits per heavy atom. The number of benzene rings is 1. The smallest absolute Gasteiger partial charge is 0.155 e. The lowest BCUT2D eigenvalue weighted by Gasteiger charge is -2.56. The second kappa shape index (κ2) is 14.0. The van der Waals surface area contributed by atoms with Crippen LogP contribution in [0, 0.1) is 23.1 Å². The molecular weight excluding hydrogens is 421 g/mol. The van der Waals surface area contributed by atoms with Crippen LogP contribution in [0.5, 0.6) is 0 Å². The SMILES string of the molecule is CCC(C)C(=N)N1C(C)CC1(C)C(C)=O.CCC1CCN(SC)CC1.Fc1ccccc1. The van der Waals surface area contributed by atoms with Crippen LogP contribution in [0.3, 0.4) is 0 Å². The fourth-order valence-corrected chi connectivity index (χ4v) is 4.88. The zero-order valence-electron chi connectivity index (χ0n) is 21.2. The number of likely N-dealkylation sites (tertiary alicyclic amines) is 1. The standard InChI is InChI=1S/C12H22N2O.C8H17NS.C6H5F/c1-6-8(2)11(13)14-9(3)7-12(14,5)10(4)15;1-3-8-4-6-9(10-2)7-5-8;7-6-4-2-1-3-5-6/h8-9,13H,6-7H2,1-5H3;8H,3-7H2,1-2H3;1-5H. The van der Waals surface area contributed by atoms with E-state index in [9.17, 15) is 9.18 Å². The first-order chi connectivity index (χ1) is 15.1. The highest BCUT2D eigenvalue weighted by Gasteiger charge is 2.51. The minimum atomic E-state index is -0.417. The topological polar surface area (TPSA) is 47.4 Å². The number of Topliss-reactive ketones (excluding diaryl/α,β-unsaturated/α-hetero) is 1. The van der Waals surface area contributed by atoms with E-state index in [1.165, 1.54) is 44.5 Å². The highest BCUT2D eigenvalue weighted by atomic mass is 32.2. The van der Waals surface area contributed by atoms with Gasteiger partial charge in [-0.05, 0) is 70.8 Å². The fourth-order valence-electron chi connectivity index (χ4n) is 4.30. The van der Waals surface area contributed by atoms with E-state index in [1.807, 2.05) is 30.7 Å². The maximum atomic E-state index is 11.9. The Hall–Kier alpha value is -1.40. The molecule has 32 heavy (non-hydrogen) atoms. The summed E-state index contributed by atoms with van der Waals surface area (Å²) < 4.78 is 14.4. The molecule has 182 valence electrons. The minimum absolute atomic E-state index is 0.175. The van der Waals surface area contributed by atoms with Crippen LogP contribution in [0.15, 0.2) is 30.3 Å². The summed E-state index contributed by atoms with van der Waals surface area (Å²) in [6, 6.07) is 8.27. The van der Waals surface area contributed by atoms with Crippen molar-refractivity contribution >= 4 is 23.6 Å². The molecule has 2 saturated heterocycles. The lowest BCUT2D eigenvalue weighted by molar-refractivity contribution is -0.135. The summed E-state index contributed by atoms with van der Waals surface area (Å²) in [6.45, 7) is 14.7. The highest BCUT2D eigenvalue weighted by Crippen LogP contribution is 2.38. The maximum absolute atomic E-state index is 11.9. The molecule has 0 radical (unpaired) electrons. The van der Waals surface area contributed by atoms with Gasteiger partial charge in [-0.15, -0.1) is 0 Å². The van der Waals surface area contributed by atoms with Crippen LogP contribution in [-0.2, 0) is 4.79 Å². The van der Waals surface area contributed by atoms with Crippen LogP contribution in [-0.4, -0.2) is 51.8 Å². The van der Waals surface area contributed by atoms with Gasteiger partial charge in [-0.3, -0.25) is 14.5 Å². The van der Waals surface area contributed by atoms with Crippen LogP contribution >= 0.6 is 11.9 Å². The fraction of sp³-hybridized carbons (Fsp3) is 0.692. The lowest BCUT2D eigenvalue weighted by Crippen LogP contribution is -2.69. The molecule has 2 fully saturated rings. The Balaban J connectivity index is 0.000000259. The van der Waals surface area contributed by atoms with E-state index in [2.05, 4.69) is 31.3 Å². The van der Waals surface area contributed by atoms with Gasteiger partial charge in [0.2, 0.25) is 0 Å². The van der Waals surface area contributed by atoms with Crippen LogP contribution < -0.4 is 0 Å².